The maximum Gasteiger partial charge on any atom is 0.352 e. The van der Waals surface area contributed by atoms with Crippen LogP contribution in [0.3, 0.4) is 0 Å². The quantitative estimate of drug-likeness (QED) is 0.646. The molecule has 0 saturated heterocycles. The number of allylic oxidation sites excluding steroid dienone is 7. The van der Waals surface area contributed by atoms with E-state index in [1.165, 1.54) is 4.57 Å². The predicted octanol–water partition coefficient (Wildman–Crippen LogP) is 4.27. The van der Waals surface area contributed by atoms with Gasteiger partial charge in [-0.3, -0.25) is 0 Å². The van der Waals surface area contributed by atoms with Gasteiger partial charge in [-0.1, -0.05) is 73.3 Å². The van der Waals surface area contributed by atoms with Crippen LogP contribution in [-0.2, 0) is 6.54 Å². The van der Waals surface area contributed by atoms with Crippen LogP contribution in [-0.4, -0.2) is 13.9 Å². The van der Waals surface area contributed by atoms with E-state index in [2.05, 4.69) is 18.7 Å². The molecule has 0 spiro atoms. The van der Waals surface area contributed by atoms with E-state index in [0.29, 0.717) is 12.2 Å². The van der Waals surface area contributed by atoms with Gasteiger partial charge in [-0.25, -0.2) is 23.5 Å². The fraction of sp³-hybridized carbons (Fsp3) is 0.154. The summed E-state index contributed by atoms with van der Waals surface area (Å²) < 4.78 is 4.42. The summed E-state index contributed by atoms with van der Waals surface area (Å²) >= 11 is 0. The highest BCUT2D eigenvalue weighted by Gasteiger charge is 2.34. The maximum atomic E-state index is 13.6. The Hall–Kier alpha value is -3.86. The first-order valence-corrected chi connectivity index (χ1v) is 10.4. The van der Waals surface area contributed by atoms with Gasteiger partial charge in [0, 0.05) is 0 Å². The SMILES string of the molecule is C=C(C1=C(C)Cn2c(=O)n(-c3ccccc3)c(=O)n2C1C1=CCC=C1)c1ccccc1. The molecule has 1 aromatic heterocycles. The number of fused-ring (bicyclic) bond motifs is 1. The average molecular weight is 409 g/mol. The Labute approximate surface area is 180 Å². The van der Waals surface area contributed by atoms with Crippen molar-refractivity contribution in [2.75, 3.05) is 0 Å². The van der Waals surface area contributed by atoms with Gasteiger partial charge in [0.25, 0.3) is 0 Å². The summed E-state index contributed by atoms with van der Waals surface area (Å²) in [5.41, 5.74) is 4.83. The molecule has 0 saturated carbocycles. The summed E-state index contributed by atoms with van der Waals surface area (Å²) in [6.45, 7) is 6.77. The van der Waals surface area contributed by atoms with Crippen molar-refractivity contribution < 1.29 is 0 Å². The largest absolute Gasteiger partial charge is 0.352 e. The first-order chi connectivity index (χ1) is 15.1. The first kappa shape index (κ1) is 19.1. The zero-order valence-corrected chi connectivity index (χ0v) is 17.4. The van der Waals surface area contributed by atoms with Gasteiger partial charge >= 0.3 is 11.4 Å². The summed E-state index contributed by atoms with van der Waals surface area (Å²) in [7, 11) is 0. The minimum absolute atomic E-state index is 0.326. The lowest BCUT2D eigenvalue weighted by Gasteiger charge is -2.31. The zero-order chi connectivity index (χ0) is 21.5. The fourth-order valence-electron chi connectivity index (χ4n) is 4.56. The Kier molecular flexibility index (Phi) is 4.59. The second-order valence-corrected chi connectivity index (χ2v) is 7.92. The van der Waals surface area contributed by atoms with Gasteiger partial charge in [0.2, 0.25) is 0 Å². The number of benzene rings is 2. The number of rotatable bonds is 4. The molecule has 154 valence electrons. The van der Waals surface area contributed by atoms with E-state index in [9.17, 15) is 9.59 Å². The van der Waals surface area contributed by atoms with Gasteiger partial charge in [-0.05, 0) is 53.3 Å². The van der Waals surface area contributed by atoms with E-state index >= 15 is 0 Å². The molecule has 0 N–H and O–H groups in total. The lowest BCUT2D eigenvalue weighted by atomic mass is 9.86. The molecule has 3 aromatic rings. The van der Waals surface area contributed by atoms with Gasteiger partial charge in [0.15, 0.2) is 0 Å². The molecule has 2 heterocycles. The number of nitrogens with zero attached hydrogens (tertiary/aromatic N) is 3. The Morgan fingerprint density at radius 3 is 2.29 bits per heavy atom. The van der Waals surface area contributed by atoms with Crippen molar-refractivity contribution in [3.05, 3.63) is 129 Å². The van der Waals surface area contributed by atoms with E-state index < -0.39 is 6.04 Å². The highest BCUT2D eigenvalue weighted by Crippen LogP contribution is 2.40. The van der Waals surface area contributed by atoms with Crippen LogP contribution < -0.4 is 11.4 Å². The molecule has 5 rings (SSSR count). The van der Waals surface area contributed by atoms with Gasteiger partial charge < -0.3 is 0 Å². The first-order valence-electron chi connectivity index (χ1n) is 10.4. The highest BCUT2D eigenvalue weighted by atomic mass is 16.2. The average Bonchev–Trinajstić information content (AvgIpc) is 3.41. The van der Waals surface area contributed by atoms with Crippen LogP contribution in [0.2, 0.25) is 0 Å². The van der Waals surface area contributed by atoms with Crippen LogP contribution in [0.4, 0.5) is 0 Å². The maximum absolute atomic E-state index is 13.6. The molecular formula is C26H23N3O2. The van der Waals surface area contributed by atoms with Crippen molar-refractivity contribution in [2.24, 2.45) is 0 Å². The van der Waals surface area contributed by atoms with Crippen molar-refractivity contribution in [2.45, 2.75) is 25.9 Å². The topological polar surface area (TPSA) is 48.9 Å². The monoisotopic (exact) mass is 409 g/mol. The second kappa shape index (κ2) is 7.43. The number of hydrogen-bond donors (Lipinski definition) is 0. The minimum atomic E-state index is -0.398. The van der Waals surface area contributed by atoms with E-state index in [0.717, 1.165) is 34.3 Å². The summed E-state index contributed by atoms with van der Waals surface area (Å²) in [4.78, 5) is 26.9. The van der Waals surface area contributed by atoms with Crippen molar-refractivity contribution in [3.63, 3.8) is 0 Å². The number of hydrogen-bond acceptors (Lipinski definition) is 2. The standard InChI is InChI=1S/C26H23N3O2/c1-18-17-27-25(30)28(22-15-7-4-8-16-22)26(31)29(27)24(21-13-9-10-14-21)23(18)19(2)20-11-5-3-6-12-20/h3-9,11-16,24H,2,10,17H2,1H3. The van der Waals surface area contributed by atoms with Crippen LogP contribution in [0.15, 0.2) is 112 Å². The molecular weight excluding hydrogens is 386 g/mol. The Morgan fingerprint density at radius 1 is 0.968 bits per heavy atom. The number of aromatic nitrogens is 3. The van der Waals surface area contributed by atoms with E-state index in [-0.39, 0.29) is 11.4 Å². The molecule has 2 aromatic carbocycles. The van der Waals surface area contributed by atoms with Crippen molar-refractivity contribution in [1.29, 1.82) is 0 Å². The van der Waals surface area contributed by atoms with Crippen LogP contribution >= 0.6 is 0 Å². The third kappa shape index (κ3) is 3.01. The molecule has 1 aliphatic heterocycles. The zero-order valence-electron chi connectivity index (χ0n) is 17.4. The molecule has 0 amide bonds. The molecule has 2 aliphatic rings. The molecule has 5 heteroatoms. The molecule has 1 aliphatic carbocycles. The Balaban J connectivity index is 1.75. The molecule has 1 unspecified atom stereocenters. The smallest absolute Gasteiger partial charge is 0.245 e. The van der Waals surface area contributed by atoms with Gasteiger partial charge in [-0.2, -0.15) is 0 Å². The summed E-state index contributed by atoms with van der Waals surface area (Å²) in [6.07, 6.45) is 7.05. The minimum Gasteiger partial charge on any atom is -0.245 e. The summed E-state index contributed by atoms with van der Waals surface area (Å²) in [5.74, 6) is 0. The van der Waals surface area contributed by atoms with Gasteiger partial charge in [-0.15, -0.1) is 0 Å². The Bertz CT molecular complexity index is 1380. The lowest BCUT2D eigenvalue weighted by Crippen LogP contribution is -2.37. The van der Waals surface area contributed by atoms with Crippen LogP contribution in [0, 0.1) is 0 Å². The highest BCUT2D eigenvalue weighted by molar-refractivity contribution is 5.80. The molecule has 0 bridgehead atoms. The number of para-hydroxylation sites is 1. The van der Waals surface area contributed by atoms with E-state index in [1.54, 1.807) is 21.5 Å². The third-order valence-corrected chi connectivity index (χ3v) is 6.00. The van der Waals surface area contributed by atoms with E-state index in [4.69, 9.17) is 0 Å². The van der Waals surface area contributed by atoms with Crippen LogP contribution in [0.5, 0.6) is 0 Å². The second-order valence-electron chi connectivity index (χ2n) is 7.92. The summed E-state index contributed by atoms with van der Waals surface area (Å²) in [5, 5.41) is 0. The molecule has 0 radical (unpaired) electrons. The summed E-state index contributed by atoms with van der Waals surface area (Å²) in [6, 6.07) is 18.7. The van der Waals surface area contributed by atoms with Crippen molar-refractivity contribution >= 4 is 5.57 Å². The molecule has 31 heavy (non-hydrogen) atoms. The van der Waals surface area contributed by atoms with Gasteiger partial charge in [0.05, 0.1) is 12.2 Å². The van der Waals surface area contributed by atoms with Crippen molar-refractivity contribution in [1.82, 2.24) is 13.9 Å². The fourth-order valence-corrected chi connectivity index (χ4v) is 4.56. The molecule has 0 fully saturated rings. The van der Waals surface area contributed by atoms with Gasteiger partial charge in [0.1, 0.15) is 6.04 Å². The normalized spacial score (nSPS) is 17.6. The predicted molar refractivity (Wildman–Crippen MR) is 123 cm³/mol. The third-order valence-electron chi connectivity index (χ3n) is 6.00. The Morgan fingerprint density at radius 2 is 1.65 bits per heavy atom. The van der Waals surface area contributed by atoms with Crippen LogP contribution in [0.1, 0.15) is 24.9 Å². The van der Waals surface area contributed by atoms with Crippen molar-refractivity contribution in [3.8, 4) is 5.69 Å². The van der Waals surface area contributed by atoms with E-state index in [1.807, 2.05) is 61.5 Å². The van der Waals surface area contributed by atoms with Crippen LogP contribution in [0.25, 0.3) is 11.3 Å². The molecule has 1 atom stereocenters. The lowest BCUT2D eigenvalue weighted by molar-refractivity contribution is 0.416. The molecule has 5 nitrogen and oxygen atoms in total.